The summed E-state index contributed by atoms with van der Waals surface area (Å²) in [5.41, 5.74) is 3.09. The Kier molecular flexibility index (Phi) is 5.83. The number of aryl methyl sites for hydroxylation is 2. The van der Waals surface area contributed by atoms with Crippen molar-refractivity contribution in [2.75, 3.05) is 23.0 Å². The Balaban J connectivity index is 1.57. The number of amidine groups is 1. The minimum Gasteiger partial charge on any atom is -0.484 e. The number of hydrogen-bond acceptors (Lipinski definition) is 5. The highest BCUT2D eigenvalue weighted by Gasteiger charge is 2.49. The average molecular weight is 465 g/mol. The lowest BCUT2D eigenvalue weighted by Crippen LogP contribution is -2.38. The Labute approximate surface area is 185 Å². The molecular weight excluding hydrogens is 444 g/mol. The van der Waals surface area contributed by atoms with Crippen molar-refractivity contribution in [2.24, 2.45) is 4.99 Å². The fraction of sp³-hybridized carbons (Fsp3) is 0.333. The van der Waals surface area contributed by atoms with Gasteiger partial charge >= 0.3 is 0 Å². The lowest BCUT2D eigenvalue weighted by atomic mass is 10.1. The maximum Gasteiger partial charge on any atom is 0.285 e. The number of amides is 1. The predicted octanol–water partition coefficient (Wildman–Crippen LogP) is 3.64. The van der Waals surface area contributed by atoms with Crippen LogP contribution in [0.4, 0.5) is 5.69 Å². The van der Waals surface area contributed by atoms with Gasteiger partial charge < -0.3 is 9.64 Å². The third-order valence-corrected chi connectivity index (χ3v) is 8.69. The molecule has 1 amide bonds. The summed E-state index contributed by atoms with van der Waals surface area (Å²) in [6.07, 6.45) is 0. The largest absolute Gasteiger partial charge is 0.484 e. The van der Waals surface area contributed by atoms with E-state index < -0.39 is 15.7 Å². The number of nitrogens with zero attached hydrogens (tertiary/aromatic N) is 2. The van der Waals surface area contributed by atoms with E-state index in [0.717, 1.165) is 16.8 Å². The molecule has 0 bridgehead atoms. The summed E-state index contributed by atoms with van der Waals surface area (Å²) in [7, 11) is -3.10. The molecular formula is C21H21ClN2O4S2. The number of carbonyl (C=O) groups is 1. The summed E-state index contributed by atoms with van der Waals surface area (Å²) < 4.78 is 29.9. The van der Waals surface area contributed by atoms with Gasteiger partial charge in [0.05, 0.1) is 17.5 Å². The fourth-order valence-corrected chi connectivity index (χ4v) is 7.61. The Morgan fingerprint density at radius 1 is 1.17 bits per heavy atom. The van der Waals surface area contributed by atoms with Crippen LogP contribution in [0.1, 0.15) is 11.1 Å². The molecule has 0 saturated carbocycles. The van der Waals surface area contributed by atoms with Gasteiger partial charge in [-0.25, -0.2) is 8.42 Å². The van der Waals surface area contributed by atoms with Crippen molar-refractivity contribution in [3.05, 3.63) is 58.6 Å². The van der Waals surface area contributed by atoms with Crippen LogP contribution in [0.25, 0.3) is 0 Å². The second kappa shape index (κ2) is 8.24. The zero-order chi connectivity index (χ0) is 21.5. The topological polar surface area (TPSA) is 76.0 Å². The molecule has 0 radical (unpaired) electrons. The number of aliphatic imine (C=N–C) groups is 1. The quantitative estimate of drug-likeness (QED) is 0.687. The van der Waals surface area contributed by atoms with Crippen molar-refractivity contribution in [2.45, 2.75) is 25.1 Å². The van der Waals surface area contributed by atoms with Crippen LogP contribution in [0.3, 0.4) is 0 Å². The van der Waals surface area contributed by atoms with Crippen molar-refractivity contribution in [1.29, 1.82) is 0 Å². The van der Waals surface area contributed by atoms with Gasteiger partial charge in [-0.2, -0.15) is 4.99 Å². The van der Waals surface area contributed by atoms with Crippen LogP contribution in [-0.4, -0.2) is 48.9 Å². The van der Waals surface area contributed by atoms with Gasteiger partial charge in [0.1, 0.15) is 5.75 Å². The van der Waals surface area contributed by atoms with Crippen molar-refractivity contribution in [3.8, 4) is 5.75 Å². The average Bonchev–Trinajstić information content (AvgIpc) is 3.14. The number of thioether (sulfide) groups is 1. The molecule has 4 rings (SSSR count). The Morgan fingerprint density at radius 2 is 1.90 bits per heavy atom. The molecule has 2 saturated heterocycles. The number of hydrogen-bond donors (Lipinski definition) is 0. The highest BCUT2D eigenvalue weighted by Crippen LogP contribution is 2.41. The standard InChI is InChI=1S/C21H21ClN2O4S2/c1-13-3-6-16(9-14(13)2)24-18-11-30(26,27)12-19(18)29-21(24)23-20(25)10-28-17-7-4-15(22)5-8-17/h3-9,18-19H,10-12H2,1-2H3. The maximum atomic E-state index is 12.5. The molecule has 6 nitrogen and oxygen atoms in total. The van der Waals surface area contributed by atoms with Gasteiger partial charge in [-0.05, 0) is 61.4 Å². The summed E-state index contributed by atoms with van der Waals surface area (Å²) >= 11 is 7.21. The first kappa shape index (κ1) is 21.2. The van der Waals surface area contributed by atoms with E-state index in [1.807, 2.05) is 36.9 Å². The Morgan fingerprint density at radius 3 is 2.60 bits per heavy atom. The number of halogens is 1. The smallest absolute Gasteiger partial charge is 0.285 e. The molecule has 0 aromatic heterocycles. The molecule has 2 fully saturated rings. The SMILES string of the molecule is Cc1ccc(N2C(=NC(=O)COc3ccc(Cl)cc3)SC3CS(=O)(=O)CC32)cc1C. The summed E-state index contributed by atoms with van der Waals surface area (Å²) in [6, 6.07) is 12.5. The van der Waals surface area contributed by atoms with E-state index in [1.165, 1.54) is 11.8 Å². The molecule has 9 heteroatoms. The number of benzene rings is 2. The number of sulfone groups is 1. The van der Waals surface area contributed by atoms with Crippen LogP contribution >= 0.6 is 23.4 Å². The summed E-state index contributed by atoms with van der Waals surface area (Å²) in [5.74, 6) is 0.259. The minimum atomic E-state index is -3.10. The monoisotopic (exact) mass is 464 g/mol. The highest BCUT2D eigenvalue weighted by molar-refractivity contribution is 8.16. The number of anilines is 1. The van der Waals surface area contributed by atoms with Crippen molar-refractivity contribution < 1.29 is 17.9 Å². The first-order chi connectivity index (χ1) is 14.2. The van der Waals surface area contributed by atoms with Crippen LogP contribution in [-0.2, 0) is 14.6 Å². The van der Waals surface area contributed by atoms with Crippen molar-refractivity contribution in [1.82, 2.24) is 0 Å². The van der Waals surface area contributed by atoms with E-state index in [9.17, 15) is 13.2 Å². The van der Waals surface area contributed by atoms with Crippen LogP contribution in [0.15, 0.2) is 47.5 Å². The van der Waals surface area contributed by atoms with Crippen molar-refractivity contribution in [3.63, 3.8) is 0 Å². The van der Waals surface area contributed by atoms with Gasteiger partial charge in [0.25, 0.3) is 5.91 Å². The minimum absolute atomic E-state index is 0.0616. The van der Waals surface area contributed by atoms with E-state index in [-0.39, 0.29) is 29.4 Å². The van der Waals surface area contributed by atoms with E-state index >= 15 is 0 Å². The molecule has 2 aromatic rings. The molecule has 2 aliphatic heterocycles. The van der Waals surface area contributed by atoms with Crippen molar-refractivity contribution >= 4 is 50.0 Å². The molecule has 2 heterocycles. The van der Waals surface area contributed by atoms with E-state index in [4.69, 9.17) is 16.3 Å². The lowest BCUT2D eigenvalue weighted by molar-refractivity contribution is -0.119. The third kappa shape index (κ3) is 4.50. The molecule has 2 atom stereocenters. The molecule has 2 unspecified atom stereocenters. The predicted molar refractivity (Wildman–Crippen MR) is 122 cm³/mol. The van der Waals surface area contributed by atoms with Gasteiger partial charge in [0.2, 0.25) is 0 Å². The molecule has 0 spiro atoms. The zero-order valence-corrected chi connectivity index (χ0v) is 18.9. The zero-order valence-electron chi connectivity index (χ0n) is 16.5. The summed E-state index contributed by atoms with van der Waals surface area (Å²) in [6.45, 7) is 3.82. The number of fused-ring (bicyclic) bond motifs is 1. The van der Waals surface area contributed by atoms with Crippen LogP contribution < -0.4 is 9.64 Å². The van der Waals surface area contributed by atoms with Gasteiger partial charge in [0.15, 0.2) is 21.6 Å². The Hall–Kier alpha value is -2.03. The number of ether oxygens (including phenoxy) is 1. The second-order valence-corrected chi connectivity index (χ2v) is 11.3. The molecule has 30 heavy (non-hydrogen) atoms. The van der Waals surface area contributed by atoms with E-state index in [0.29, 0.717) is 15.9 Å². The molecule has 2 aliphatic rings. The van der Waals surface area contributed by atoms with Crippen LogP contribution in [0.5, 0.6) is 5.75 Å². The first-order valence-corrected chi connectivity index (χ1v) is 12.5. The lowest BCUT2D eigenvalue weighted by Gasteiger charge is -2.25. The van der Waals surface area contributed by atoms with Gasteiger partial charge in [-0.3, -0.25) is 4.79 Å². The molecule has 158 valence electrons. The van der Waals surface area contributed by atoms with E-state index in [1.54, 1.807) is 24.3 Å². The van der Waals surface area contributed by atoms with Gasteiger partial charge in [-0.1, -0.05) is 29.4 Å². The maximum absolute atomic E-state index is 12.5. The number of rotatable bonds is 4. The molecule has 2 aromatic carbocycles. The fourth-order valence-electron chi connectivity index (χ4n) is 3.56. The van der Waals surface area contributed by atoms with E-state index in [2.05, 4.69) is 4.99 Å². The highest BCUT2D eigenvalue weighted by atomic mass is 35.5. The molecule has 0 aliphatic carbocycles. The molecule has 0 N–H and O–H groups in total. The normalized spacial score (nSPS) is 23.6. The van der Waals surface area contributed by atoms with Gasteiger partial charge in [0, 0.05) is 16.0 Å². The Bertz CT molecular complexity index is 1120. The third-order valence-electron chi connectivity index (χ3n) is 5.23. The first-order valence-electron chi connectivity index (χ1n) is 9.45. The second-order valence-electron chi connectivity index (χ2n) is 7.47. The van der Waals surface area contributed by atoms with Crippen LogP contribution in [0, 0.1) is 13.8 Å². The van der Waals surface area contributed by atoms with Gasteiger partial charge in [-0.15, -0.1) is 0 Å². The summed E-state index contributed by atoms with van der Waals surface area (Å²) in [5, 5.41) is 0.968. The van der Waals surface area contributed by atoms with Crippen LogP contribution in [0.2, 0.25) is 5.02 Å². The summed E-state index contributed by atoms with van der Waals surface area (Å²) in [4.78, 5) is 18.7. The number of carbonyl (C=O) groups excluding carboxylic acids is 1.